The van der Waals surface area contributed by atoms with Crippen molar-refractivity contribution in [2.75, 3.05) is 9.80 Å². The summed E-state index contributed by atoms with van der Waals surface area (Å²) in [4.78, 5) is 5.49. The largest absolute Gasteiger partial charge is 0.311 e. The SMILES string of the molecule is Cc1ccc(-c2cc3c(cc2N2c4ccc(C(C)(C)C)cc4B4c5sc6cc7c(cc6c5N(c5ccc6c(c5)C(C)(C)CCC6(C)C)c5cc(C)cc2c54)C(C)(C)CCC7(C)C)C(C)(C)CCC3(C)C)cc1. The van der Waals surface area contributed by atoms with Gasteiger partial charge in [0.15, 0.2) is 0 Å². The molecule has 72 heavy (non-hydrogen) atoms. The highest BCUT2D eigenvalue weighted by Crippen LogP contribution is 2.56. The number of anilines is 6. The van der Waals surface area contributed by atoms with Crippen molar-refractivity contribution in [3.63, 3.8) is 0 Å². The predicted molar refractivity (Wildman–Crippen MR) is 315 cm³/mol. The van der Waals surface area contributed by atoms with E-state index in [-0.39, 0.29) is 44.6 Å². The van der Waals surface area contributed by atoms with Crippen LogP contribution in [-0.4, -0.2) is 6.71 Å². The molecule has 4 heteroatoms. The van der Waals surface area contributed by atoms with Crippen LogP contribution in [0.3, 0.4) is 0 Å². The van der Waals surface area contributed by atoms with E-state index >= 15 is 0 Å². The number of nitrogens with zero attached hydrogens (tertiary/aromatic N) is 2. The van der Waals surface area contributed by atoms with Gasteiger partial charge in [0.2, 0.25) is 0 Å². The molecule has 0 unspecified atom stereocenters. The van der Waals surface area contributed by atoms with Gasteiger partial charge in [-0.25, -0.2) is 0 Å². The fourth-order valence-corrected chi connectivity index (χ4v) is 15.5. The Balaban J connectivity index is 1.22. The minimum atomic E-state index is -0.0334. The predicted octanol–water partition coefficient (Wildman–Crippen LogP) is 17.6. The Kier molecular flexibility index (Phi) is 10.2. The number of rotatable bonds is 3. The highest BCUT2D eigenvalue weighted by molar-refractivity contribution is 7.33. The van der Waals surface area contributed by atoms with Crippen molar-refractivity contribution >= 4 is 78.0 Å². The van der Waals surface area contributed by atoms with Crippen molar-refractivity contribution in [1.29, 1.82) is 0 Å². The highest BCUT2D eigenvalue weighted by Gasteiger charge is 2.49. The Bertz CT molecular complexity index is 3440. The maximum atomic E-state index is 2.76. The Hall–Kier alpha value is -5.06. The number of hydrogen-bond acceptors (Lipinski definition) is 3. The lowest BCUT2D eigenvalue weighted by Gasteiger charge is -2.46. The summed E-state index contributed by atoms with van der Waals surface area (Å²) in [5.41, 5.74) is 26.8. The summed E-state index contributed by atoms with van der Waals surface area (Å²) in [6.45, 7) is 41.6. The third-order valence-corrected chi connectivity index (χ3v) is 20.5. The molecule has 0 N–H and O–H groups in total. The molecule has 3 aliphatic carbocycles. The van der Waals surface area contributed by atoms with Crippen molar-refractivity contribution in [3.05, 3.63) is 147 Å². The van der Waals surface area contributed by atoms with Crippen molar-refractivity contribution in [3.8, 4) is 11.1 Å². The van der Waals surface area contributed by atoms with Gasteiger partial charge in [-0.15, -0.1) is 11.3 Å². The maximum Gasteiger partial charge on any atom is 0.264 e. The molecule has 0 atom stereocenters. The van der Waals surface area contributed by atoms with Gasteiger partial charge in [-0.2, -0.15) is 0 Å². The van der Waals surface area contributed by atoms with E-state index in [0.29, 0.717) is 0 Å². The van der Waals surface area contributed by atoms with Crippen LogP contribution in [0, 0.1) is 13.8 Å². The summed E-state index contributed by atoms with van der Waals surface area (Å²) in [7, 11) is 0. The van der Waals surface area contributed by atoms with Crippen LogP contribution in [0.25, 0.3) is 21.2 Å². The van der Waals surface area contributed by atoms with E-state index < -0.39 is 0 Å². The molecule has 0 bridgehead atoms. The van der Waals surface area contributed by atoms with Gasteiger partial charge >= 0.3 is 0 Å². The van der Waals surface area contributed by atoms with Crippen molar-refractivity contribution in [2.45, 2.75) is 194 Å². The van der Waals surface area contributed by atoms with Crippen molar-refractivity contribution in [1.82, 2.24) is 0 Å². The van der Waals surface area contributed by atoms with Crippen LogP contribution in [0.2, 0.25) is 0 Å². The van der Waals surface area contributed by atoms with Gasteiger partial charge in [-0.1, -0.05) is 152 Å². The molecule has 0 saturated carbocycles. The van der Waals surface area contributed by atoms with Crippen molar-refractivity contribution in [2.24, 2.45) is 0 Å². The molecule has 0 amide bonds. The minimum Gasteiger partial charge on any atom is -0.311 e. The van der Waals surface area contributed by atoms with Crippen LogP contribution < -0.4 is 25.5 Å². The lowest BCUT2D eigenvalue weighted by molar-refractivity contribution is 0.332. The topological polar surface area (TPSA) is 6.48 Å². The van der Waals surface area contributed by atoms with Gasteiger partial charge in [0.25, 0.3) is 6.71 Å². The number of hydrogen-bond donors (Lipinski definition) is 0. The fourth-order valence-electron chi connectivity index (χ4n) is 14.1. The van der Waals surface area contributed by atoms with Gasteiger partial charge in [0, 0.05) is 43.2 Å². The zero-order valence-electron chi connectivity index (χ0n) is 46.9. The molecule has 6 aromatic carbocycles. The summed E-state index contributed by atoms with van der Waals surface area (Å²) in [5, 5.41) is 1.41. The van der Waals surface area contributed by atoms with Crippen LogP contribution in [0.4, 0.5) is 34.1 Å². The molecule has 7 aromatic rings. The zero-order chi connectivity index (χ0) is 51.2. The molecule has 2 aliphatic heterocycles. The maximum absolute atomic E-state index is 2.76. The smallest absolute Gasteiger partial charge is 0.264 e. The van der Waals surface area contributed by atoms with Crippen LogP contribution in [-0.2, 0) is 37.9 Å². The summed E-state index contributed by atoms with van der Waals surface area (Å²) >= 11 is 2.08. The van der Waals surface area contributed by atoms with Crippen LogP contribution in [0.15, 0.2) is 97.1 Å². The normalized spacial score (nSPS) is 20.3. The minimum absolute atomic E-state index is 0.0334. The third-order valence-electron chi connectivity index (χ3n) is 19.3. The lowest BCUT2D eigenvalue weighted by atomic mass is 9.36. The van der Waals surface area contributed by atoms with Crippen LogP contribution >= 0.6 is 11.3 Å². The first kappa shape index (κ1) is 47.9. The van der Waals surface area contributed by atoms with Crippen LogP contribution in [0.5, 0.6) is 0 Å². The van der Waals surface area contributed by atoms with E-state index in [9.17, 15) is 0 Å². The third kappa shape index (κ3) is 7.06. The molecule has 0 saturated heterocycles. The average Bonchev–Trinajstić information content (AvgIpc) is 3.68. The summed E-state index contributed by atoms with van der Waals surface area (Å²) < 4.78 is 2.88. The highest BCUT2D eigenvalue weighted by atomic mass is 32.1. The van der Waals surface area contributed by atoms with Gasteiger partial charge in [-0.3, -0.25) is 0 Å². The quantitative estimate of drug-likeness (QED) is 0.163. The Morgan fingerprint density at radius 3 is 1.56 bits per heavy atom. The summed E-state index contributed by atoms with van der Waals surface area (Å²) in [6.07, 6.45) is 7.13. The zero-order valence-corrected chi connectivity index (χ0v) is 47.7. The summed E-state index contributed by atoms with van der Waals surface area (Å²) in [6, 6.07) is 40.2. The number of benzene rings is 6. The molecule has 0 spiro atoms. The second-order valence-electron chi connectivity index (χ2n) is 28.4. The summed E-state index contributed by atoms with van der Waals surface area (Å²) in [5.74, 6) is 0. The molecular weight excluding hydrogens is 888 g/mol. The molecule has 1 aromatic heterocycles. The first-order chi connectivity index (χ1) is 33.6. The van der Waals surface area contributed by atoms with E-state index in [0.717, 1.165) is 0 Å². The molecule has 0 fully saturated rings. The molecule has 3 heterocycles. The van der Waals surface area contributed by atoms with E-state index in [2.05, 4.69) is 236 Å². The van der Waals surface area contributed by atoms with Gasteiger partial charge in [0.05, 0.1) is 11.4 Å². The van der Waals surface area contributed by atoms with E-state index in [1.165, 1.54) is 160 Å². The lowest BCUT2D eigenvalue weighted by Crippen LogP contribution is -2.60. The average molecular weight is 967 g/mol. The Morgan fingerprint density at radius 1 is 0.458 bits per heavy atom. The van der Waals surface area contributed by atoms with Gasteiger partial charge < -0.3 is 9.80 Å². The molecule has 5 aliphatic rings. The van der Waals surface area contributed by atoms with E-state index in [4.69, 9.17) is 0 Å². The Labute approximate surface area is 437 Å². The fraction of sp³-hybridized carbons (Fsp3) is 0.441. The first-order valence-corrected chi connectivity index (χ1v) is 28.3. The molecule has 0 radical (unpaired) electrons. The number of fused-ring (bicyclic) bond motifs is 9. The Morgan fingerprint density at radius 2 is 0.972 bits per heavy atom. The molecule has 2 nitrogen and oxygen atoms in total. The van der Waals surface area contributed by atoms with Gasteiger partial charge in [0.1, 0.15) is 0 Å². The molecule has 370 valence electrons. The van der Waals surface area contributed by atoms with Gasteiger partial charge in [-0.05, 0) is 206 Å². The second-order valence-corrected chi connectivity index (χ2v) is 29.5. The molecular formula is C68H79BN2S. The number of thiophene rings is 1. The monoisotopic (exact) mass is 967 g/mol. The standard InChI is InChI=1S/C68H79BN2S/c1-40-18-20-42(21-19-40)45-36-49-51(67(14,15)30-28-65(49,10)11)38-55(45)71-54-25-22-43(62(3,4)5)34-53(54)69-59-56(32-41(2)33-57(59)71)70(44-23-24-47-48(35-44)64(8,9)27-26-63(47,6)7)60-46-37-50-52(39-58(46)72-61(60)69)68(16,17)31-29-66(50,12)13/h18-25,32-39H,26-31H2,1-17H3. The molecule has 12 rings (SSSR count). The van der Waals surface area contributed by atoms with Crippen molar-refractivity contribution < 1.29 is 0 Å². The van der Waals surface area contributed by atoms with E-state index in [1.807, 2.05) is 0 Å². The number of aryl methyl sites for hydroxylation is 2. The van der Waals surface area contributed by atoms with E-state index in [1.54, 1.807) is 0 Å². The van der Waals surface area contributed by atoms with Crippen LogP contribution in [0.1, 0.15) is 192 Å². The second kappa shape index (κ2) is 15.3. The first-order valence-electron chi connectivity index (χ1n) is 27.5.